The summed E-state index contributed by atoms with van der Waals surface area (Å²) in [6.45, 7) is 6.39. The molecule has 1 rings (SSSR count). The Morgan fingerprint density at radius 2 is 1.62 bits per heavy atom. The second-order valence-electron chi connectivity index (χ2n) is 4.03. The third-order valence-electron chi connectivity index (χ3n) is 2.87. The lowest BCUT2D eigenvalue weighted by molar-refractivity contribution is 0.129. The second-order valence-corrected chi connectivity index (χ2v) is 4.03. The highest BCUT2D eigenvalue weighted by atomic mass is 19.1. The minimum absolute atomic E-state index is 0.216. The zero-order chi connectivity index (χ0) is 11.6. The Morgan fingerprint density at radius 3 is 2.12 bits per heavy atom. The number of halogens is 1. The SMILES string of the molecule is [N-]=[N+]=NCCCN1CCN(CCCF)CC1. The van der Waals surface area contributed by atoms with Crippen LogP contribution in [0.15, 0.2) is 5.11 Å². The van der Waals surface area contributed by atoms with E-state index in [-0.39, 0.29) is 6.67 Å². The fourth-order valence-electron chi connectivity index (χ4n) is 1.93. The normalized spacial score (nSPS) is 18.3. The van der Waals surface area contributed by atoms with Gasteiger partial charge in [-0.3, -0.25) is 4.39 Å². The molecule has 16 heavy (non-hydrogen) atoms. The molecule has 92 valence electrons. The molecule has 0 aromatic heterocycles. The highest BCUT2D eigenvalue weighted by Crippen LogP contribution is 2.03. The first-order valence-corrected chi connectivity index (χ1v) is 5.88. The molecule has 0 atom stereocenters. The number of rotatable bonds is 7. The van der Waals surface area contributed by atoms with Crippen molar-refractivity contribution in [1.82, 2.24) is 9.80 Å². The van der Waals surface area contributed by atoms with Crippen LogP contribution in [0, 0.1) is 0 Å². The van der Waals surface area contributed by atoms with Crippen molar-refractivity contribution in [3.63, 3.8) is 0 Å². The van der Waals surface area contributed by atoms with Gasteiger partial charge in [0, 0.05) is 44.2 Å². The van der Waals surface area contributed by atoms with Gasteiger partial charge in [0.1, 0.15) is 0 Å². The first-order valence-electron chi connectivity index (χ1n) is 5.88. The second kappa shape index (κ2) is 8.33. The summed E-state index contributed by atoms with van der Waals surface area (Å²) in [5, 5.41) is 3.51. The van der Waals surface area contributed by atoms with Crippen molar-refractivity contribution in [3.8, 4) is 0 Å². The fourth-order valence-corrected chi connectivity index (χ4v) is 1.93. The summed E-state index contributed by atoms with van der Waals surface area (Å²) in [5.74, 6) is 0. The monoisotopic (exact) mass is 229 g/mol. The van der Waals surface area contributed by atoms with Gasteiger partial charge in [0.05, 0.1) is 6.67 Å². The van der Waals surface area contributed by atoms with Crippen LogP contribution in [0.3, 0.4) is 0 Å². The highest BCUT2D eigenvalue weighted by molar-refractivity contribution is 4.71. The van der Waals surface area contributed by atoms with E-state index in [1.54, 1.807) is 0 Å². The van der Waals surface area contributed by atoms with Crippen LogP contribution in [0.2, 0.25) is 0 Å². The van der Waals surface area contributed by atoms with Gasteiger partial charge < -0.3 is 9.80 Å². The van der Waals surface area contributed by atoms with E-state index in [0.29, 0.717) is 13.0 Å². The van der Waals surface area contributed by atoms with E-state index >= 15 is 0 Å². The number of hydrogen-bond acceptors (Lipinski definition) is 3. The molecule has 1 aliphatic heterocycles. The summed E-state index contributed by atoms with van der Waals surface area (Å²) < 4.78 is 12.0. The lowest BCUT2D eigenvalue weighted by Crippen LogP contribution is -2.46. The van der Waals surface area contributed by atoms with E-state index in [9.17, 15) is 4.39 Å². The fraction of sp³-hybridized carbons (Fsp3) is 1.00. The minimum Gasteiger partial charge on any atom is -0.301 e. The summed E-state index contributed by atoms with van der Waals surface area (Å²) in [6, 6.07) is 0. The predicted octanol–water partition coefficient (Wildman–Crippen LogP) is 1.66. The molecule has 1 heterocycles. The van der Waals surface area contributed by atoms with Gasteiger partial charge in [0.25, 0.3) is 0 Å². The lowest BCUT2D eigenvalue weighted by Gasteiger charge is -2.34. The third-order valence-corrected chi connectivity index (χ3v) is 2.87. The number of azide groups is 1. The van der Waals surface area contributed by atoms with E-state index < -0.39 is 0 Å². The Bertz CT molecular complexity index is 221. The van der Waals surface area contributed by atoms with Crippen molar-refractivity contribution < 1.29 is 4.39 Å². The summed E-state index contributed by atoms with van der Waals surface area (Å²) in [7, 11) is 0. The van der Waals surface area contributed by atoms with Crippen LogP contribution in [0.4, 0.5) is 4.39 Å². The molecule has 6 heteroatoms. The van der Waals surface area contributed by atoms with Gasteiger partial charge in [-0.1, -0.05) is 5.11 Å². The standard InChI is InChI=1S/C10H20FN5/c11-3-1-5-15-7-9-16(10-8-15)6-2-4-13-14-12/h1-10H2. The largest absolute Gasteiger partial charge is 0.301 e. The van der Waals surface area contributed by atoms with Crippen LogP contribution >= 0.6 is 0 Å². The summed E-state index contributed by atoms with van der Waals surface area (Å²) in [6.07, 6.45) is 1.57. The van der Waals surface area contributed by atoms with Gasteiger partial charge in [0.15, 0.2) is 0 Å². The van der Waals surface area contributed by atoms with Crippen molar-refractivity contribution in [3.05, 3.63) is 10.4 Å². The summed E-state index contributed by atoms with van der Waals surface area (Å²) in [5.41, 5.74) is 8.13. The summed E-state index contributed by atoms with van der Waals surface area (Å²) in [4.78, 5) is 7.41. The molecule has 0 aromatic carbocycles. The zero-order valence-electron chi connectivity index (χ0n) is 9.69. The number of alkyl halides is 1. The van der Waals surface area contributed by atoms with Crippen LogP contribution < -0.4 is 0 Å². The average molecular weight is 229 g/mol. The van der Waals surface area contributed by atoms with Gasteiger partial charge in [-0.2, -0.15) is 0 Å². The maximum absolute atomic E-state index is 12.0. The quantitative estimate of drug-likeness (QED) is 0.288. The maximum Gasteiger partial charge on any atom is 0.0906 e. The van der Waals surface area contributed by atoms with Gasteiger partial charge in [-0.25, -0.2) is 0 Å². The molecular weight excluding hydrogens is 209 g/mol. The first kappa shape index (κ1) is 13.2. The smallest absolute Gasteiger partial charge is 0.0906 e. The zero-order valence-corrected chi connectivity index (χ0v) is 9.69. The molecule has 0 amide bonds. The van der Waals surface area contributed by atoms with Crippen LogP contribution in [-0.2, 0) is 0 Å². The van der Waals surface area contributed by atoms with Crippen molar-refractivity contribution >= 4 is 0 Å². The Labute approximate surface area is 95.8 Å². The minimum atomic E-state index is -0.216. The van der Waals surface area contributed by atoms with Gasteiger partial charge in [0.2, 0.25) is 0 Å². The van der Waals surface area contributed by atoms with Crippen LogP contribution in [0.25, 0.3) is 10.4 Å². The van der Waals surface area contributed by atoms with Crippen molar-refractivity contribution in [1.29, 1.82) is 0 Å². The molecule has 1 fully saturated rings. The molecular formula is C10H20FN5. The molecule has 0 aliphatic carbocycles. The Kier molecular flexibility index (Phi) is 6.88. The van der Waals surface area contributed by atoms with Crippen molar-refractivity contribution in [2.45, 2.75) is 12.8 Å². The highest BCUT2D eigenvalue weighted by Gasteiger charge is 2.15. The van der Waals surface area contributed by atoms with E-state index in [1.807, 2.05) is 0 Å². The van der Waals surface area contributed by atoms with Crippen LogP contribution in [-0.4, -0.2) is 62.3 Å². The van der Waals surface area contributed by atoms with Gasteiger partial charge in [-0.15, -0.1) is 0 Å². The Morgan fingerprint density at radius 1 is 1.06 bits per heavy atom. The molecule has 0 radical (unpaired) electrons. The van der Waals surface area contributed by atoms with Crippen molar-refractivity contribution in [2.24, 2.45) is 5.11 Å². The van der Waals surface area contributed by atoms with E-state index in [0.717, 1.165) is 45.7 Å². The number of piperazine rings is 1. The molecule has 0 bridgehead atoms. The van der Waals surface area contributed by atoms with Gasteiger partial charge >= 0.3 is 0 Å². The first-order chi connectivity index (χ1) is 7.86. The summed E-state index contributed by atoms with van der Waals surface area (Å²) >= 11 is 0. The Balaban J connectivity index is 2.05. The lowest BCUT2D eigenvalue weighted by atomic mass is 10.2. The molecule has 0 spiro atoms. The van der Waals surface area contributed by atoms with Crippen LogP contribution in [0.5, 0.6) is 0 Å². The molecule has 1 saturated heterocycles. The van der Waals surface area contributed by atoms with Crippen molar-refractivity contribution in [2.75, 3.05) is 52.5 Å². The molecule has 0 N–H and O–H groups in total. The van der Waals surface area contributed by atoms with E-state index in [4.69, 9.17) is 5.53 Å². The van der Waals surface area contributed by atoms with E-state index in [2.05, 4.69) is 19.8 Å². The molecule has 0 unspecified atom stereocenters. The molecule has 0 saturated carbocycles. The van der Waals surface area contributed by atoms with E-state index in [1.165, 1.54) is 0 Å². The topological polar surface area (TPSA) is 55.2 Å². The Hall–Kier alpha value is -0.840. The van der Waals surface area contributed by atoms with Gasteiger partial charge in [-0.05, 0) is 24.9 Å². The molecule has 5 nitrogen and oxygen atoms in total. The predicted molar refractivity (Wildman–Crippen MR) is 62.1 cm³/mol. The molecule has 1 aliphatic rings. The third kappa shape index (κ3) is 5.30. The molecule has 0 aromatic rings. The average Bonchev–Trinajstić information content (AvgIpc) is 2.33. The number of nitrogens with zero attached hydrogens (tertiary/aromatic N) is 5. The number of hydrogen-bond donors (Lipinski definition) is 0. The van der Waals surface area contributed by atoms with Crippen LogP contribution in [0.1, 0.15) is 12.8 Å². The maximum atomic E-state index is 12.0.